The standard InChI is InChI=1S/C11H19NO4S/c13-10(14)8-11(4-7-17(15,16)9-11)12-5-2-1-3-6-12/h1-9H2,(H,13,14). The summed E-state index contributed by atoms with van der Waals surface area (Å²) in [5.41, 5.74) is -0.634. The average Bonchev–Trinajstić information content (AvgIpc) is 2.56. The van der Waals surface area contributed by atoms with E-state index >= 15 is 0 Å². The number of sulfone groups is 1. The van der Waals surface area contributed by atoms with Crippen molar-refractivity contribution in [3.05, 3.63) is 0 Å². The Kier molecular flexibility index (Phi) is 3.45. The lowest BCUT2D eigenvalue weighted by atomic mass is 9.90. The molecule has 0 amide bonds. The third-order valence-corrected chi connectivity index (χ3v) is 5.68. The van der Waals surface area contributed by atoms with Crippen LogP contribution < -0.4 is 0 Å². The quantitative estimate of drug-likeness (QED) is 0.801. The van der Waals surface area contributed by atoms with E-state index in [2.05, 4.69) is 4.90 Å². The molecular weight excluding hydrogens is 242 g/mol. The summed E-state index contributed by atoms with van der Waals surface area (Å²) in [7, 11) is -3.05. The van der Waals surface area contributed by atoms with Gasteiger partial charge in [0.25, 0.3) is 0 Å². The van der Waals surface area contributed by atoms with Crippen molar-refractivity contribution in [2.24, 2.45) is 0 Å². The van der Waals surface area contributed by atoms with Gasteiger partial charge in [-0.2, -0.15) is 0 Å². The van der Waals surface area contributed by atoms with Crippen LogP contribution in [0.5, 0.6) is 0 Å². The van der Waals surface area contributed by atoms with Gasteiger partial charge in [-0.1, -0.05) is 6.42 Å². The smallest absolute Gasteiger partial charge is 0.305 e. The van der Waals surface area contributed by atoms with Crippen LogP contribution in [0.2, 0.25) is 0 Å². The molecule has 17 heavy (non-hydrogen) atoms. The molecule has 1 atom stereocenters. The van der Waals surface area contributed by atoms with Gasteiger partial charge >= 0.3 is 5.97 Å². The predicted molar refractivity (Wildman–Crippen MR) is 63.7 cm³/mol. The van der Waals surface area contributed by atoms with E-state index in [1.54, 1.807) is 0 Å². The Morgan fingerprint density at radius 3 is 2.35 bits per heavy atom. The molecule has 6 heteroatoms. The van der Waals surface area contributed by atoms with Crippen LogP contribution in [0.1, 0.15) is 32.1 Å². The maximum atomic E-state index is 11.7. The highest BCUT2D eigenvalue weighted by molar-refractivity contribution is 7.91. The second-order valence-electron chi connectivity index (χ2n) is 5.18. The van der Waals surface area contributed by atoms with Crippen molar-refractivity contribution >= 4 is 15.8 Å². The first kappa shape index (κ1) is 12.8. The van der Waals surface area contributed by atoms with Gasteiger partial charge in [0.1, 0.15) is 0 Å². The number of carboxylic acids is 1. The summed E-state index contributed by atoms with van der Waals surface area (Å²) in [4.78, 5) is 13.1. The second kappa shape index (κ2) is 4.57. The Morgan fingerprint density at radius 2 is 1.88 bits per heavy atom. The summed E-state index contributed by atoms with van der Waals surface area (Å²) in [5.74, 6) is -0.740. The molecule has 0 aromatic heterocycles. The third-order valence-electron chi connectivity index (χ3n) is 3.87. The van der Waals surface area contributed by atoms with Crippen LogP contribution in [0.3, 0.4) is 0 Å². The van der Waals surface area contributed by atoms with E-state index in [9.17, 15) is 13.2 Å². The first-order chi connectivity index (χ1) is 7.94. The fourth-order valence-corrected chi connectivity index (χ4v) is 5.13. The zero-order valence-corrected chi connectivity index (χ0v) is 10.7. The molecule has 0 spiro atoms. The average molecular weight is 261 g/mol. The van der Waals surface area contributed by atoms with Crippen molar-refractivity contribution in [1.29, 1.82) is 0 Å². The highest BCUT2D eigenvalue weighted by atomic mass is 32.2. The Balaban J connectivity index is 2.21. The van der Waals surface area contributed by atoms with E-state index in [4.69, 9.17) is 5.11 Å². The number of aliphatic carboxylic acids is 1. The molecule has 0 bridgehead atoms. The summed E-state index contributed by atoms with van der Waals surface area (Å²) in [6.07, 6.45) is 3.67. The molecule has 2 saturated heterocycles. The molecule has 2 rings (SSSR count). The zero-order chi connectivity index (χ0) is 12.5. The van der Waals surface area contributed by atoms with Gasteiger partial charge in [0.2, 0.25) is 0 Å². The minimum Gasteiger partial charge on any atom is -0.481 e. The first-order valence-corrected chi connectivity index (χ1v) is 7.93. The molecule has 1 N–H and O–H groups in total. The summed E-state index contributed by atoms with van der Waals surface area (Å²) in [6, 6.07) is 0. The van der Waals surface area contributed by atoms with Crippen molar-refractivity contribution < 1.29 is 18.3 Å². The highest BCUT2D eigenvalue weighted by Crippen LogP contribution is 2.35. The lowest BCUT2D eigenvalue weighted by Crippen LogP contribution is -2.53. The zero-order valence-electron chi connectivity index (χ0n) is 9.89. The van der Waals surface area contributed by atoms with Gasteiger partial charge in [-0.05, 0) is 32.4 Å². The van der Waals surface area contributed by atoms with Crippen molar-refractivity contribution in [2.45, 2.75) is 37.6 Å². The number of hydrogen-bond donors (Lipinski definition) is 1. The molecule has 98 valence electrons. The SMILES string of the molecule is O=C(O)CC1(N2CCCCC2)CCS(=O)(=O)C1. The number of likely N-dealkylation sites (tertiary alicyclic amines) is 1. The highest BCUT2D eigenvalue weighted by Gasteiger charge is 2.47. The van der Waals surface area contributed by atoms with Crippen LogP contribution in [0.4, 0.5) is 0 Å². The molecule has 0 saturated carbocycles. The predicted octanol–water partition coefficient (Wildman–Crippen LogP) is 0.504. The monoisotopic (exact) mass is 261 g/mol. The molecule has 2 heterocycles. The number of piperidine rings is 1. The number of hydrogen-bond acceptors (Lipinski definition) is 4. The van der Waals surface area contributed by atoms with Gasteiger partial charge in [-0.15, -0.1) is 0 Å². The van der Waals surface area contributed by atoms with Crippen molar-refractivity contribution in [2.75, 3.05) is 24.6 Å². The van der Waals surface area contributed by atoms with Gasteiger partial charge in [0, 0.05) is 5.54 Å². The molecule has 0 aromatic carbocycles. The van der Waals surface area contributed by atoms with Crippen molar-refractivity contribution in [1.82, 2.24) is 4.90 Å². The van der Waals surface area contributed by atoms with Crippen LogP contribution in [-0.4, -0.2) is 54.5 Å². The molecule has 5 nitrogen and oxygen atoms in total. The second-order valence-corrected chi connectivity index (χ2v) is 7.37. The van der Waals surface area contributed by atoms with E-state index < -0.39 is 21.3 Å². The molecule has 0 radical (unpaired) electrons. The van der Waals surface area contributed by atoms with E-state index in [1.165, 1.54) is 0 Å². The summed E-state index contributed by atoms with van der Waals surface area (Å²) >= 11 is 0. The van der Waals surface area contributed by atoms with Crippen LogP contribution in [0, 0.1) is 0 Å². The number of carbonyl (C=O) groups is 1. The minimum atomic E-state index is -3.05. The Hall–Kier alpha value is -0.620. The maximum absolute atomic E-state index is 11.7. The van der Waals surface area contributed by atoms with Gasteiger partial charge in [-0.3, -0.25) is 9.69 Å². The molecule has 0 aromatic rings. The fourth-order valence-electron chi connectivity index (χ4n) is 3.05. The Morgan fingerprint density at radius 1 is 1.24 bits per heavy atom. The Labute approximate surface area is 102 Å². The van der Waals surface area contributed by atoms with Crippen LogP contribution in [-0.2, 0) is 14.6 Å². The molecule has 2 aliphatic rings. The number of nitrogens with zero attached hydrogens (tertiary/aromatic N) is 1. The minimum absolute atomic E-state index is 0.0201. The molecule has 1 unspecified atom stereocenters. The topological polar surface area (TPSA) is 74.7 Å². The van der Waals surface area contributed by atoms with Crippen LogP contribution >= 0.6 is 0 Å². The van der Waals surface area contributed by atoms with Gasteiger partial charge in [0.05, 0.1) is 17.9 Å². The maximum Gasteiger partial charge on any atom is 0.305 e. The molecule has 2 fully saturated rings. The lowest BCUT2D eigenvalue weighted by Gasteiger charge is -2.41. The van der Waals surface area contributed by atoms with Gasteiger partial charge in [0.15, 0.2) is 9.84 Å². The molecule has 2 aliphatic heterocycles. The number of carboxylic acid groups (broad SMARTS) is 1. The fraction of sp³-hybridized carbons (Fsp3) is 0.909. The van der Waals surface area contributed by atoms with E-state index in [0.29, 0.717) is 6.42 Å². The third kappa shape index (κ3) is 2.80. The van der Waals surface area contributed by atoms with Gasteiger partial charge in [-0.25, -0.2) is 8.42 Å². The summed E-state index contributed by atoms with van der Waals surface area (Å²) < 4.78 is 23.3. The summed E-state index contributed by atoms with van der Waals surface area (Å²) in [5, 5.41) is 9.02. The molecular formula is C11H19NO4S. The van der Waals surface area contributed by atoms with E-state index in [1.807, 2.05) is 0 Å². The first-order valence-electron chi connectivity index (χ1n) is 6.11. The van der Waals surface area contributed by atoms with Crippen LogP contribution in [0.15, 0.2) is 0 Å². The van der Waals surface area contributed by atoms with E-state index in [-0.39, 0.29) is 17.9 Å². The van der Waals surface area contributed by atoms with E-state index in [0.717, 1.165) is 32.4 Å². The molecule has 0 aliphatic carbocycles. The van der Waals surface area contributed by atoms with Gasteiger partial charge < -0.3 is 5.11 Å². The summed E-state index contributed by atoms with van der Waals surface area (Å²) in [6.45, 7) is 1.67. The van der Waals surface area contributed by atoms with Crippen LogP contribution in [0.25, 0.3) is 0 Å². The van der Waals surface area contributed by atoms with Crippen molar-refractivity contribution in [3.63, 3.8) is 0 Å². The number of rotatable bonds is 3. The largest absolute Gasteiger partial charge is 0.481 e. The normalized spacial score (nSPS) is 33.6. The Bertz CT molecular complexity index is 400. The lowest BCUT2D eigenvalue weighted by molar-refractivity contribution is -0.140. The van der Waals surface area contributed by atoms with Crippen molar-refractivity contribution in [3.8, 4) is 0 Å².